The van der Waals surface area contributed by atoms with Crippen LogP contribution in [-0.2, 0) is 6.42 Å². The molecule has 1 unspecified atom stereocenters. The second kappa shape index (κ2) is 6.08. The number of ether oxygens (including phenoxy) is 1. The maximum Gasteiger partial charge on any atom is 0.121 e. The van der Waals surface area contributed by atoms with Gasteiger partial charge in [-0.1, -0.05) is 12.1 Å². The summed E-state index contributed by atoms with van der Waals surface area (Å²) in [5.41, 5.74) is 3.62. The van der Waals surface area contributed by atoms with Crippen LogP contribution < -0.4 is 10.1 Å². The molecule has 3 rings (SSSR count). The van der Waals surface area contributed by atoms with Crippen LogP contribution in [0.5, 0.6) is 11.5 Å². The van der Waals surface area contributed by atoms with Crippen molar-refractivity contribution >= 4 is 5.69 Å². The Hall–Kier alpha value is -2.16. The molecule has 110 valence electrons. The first-order valence-electron chi connectivity index (χ1n) is 7.57. The van der Waals surface area contributed by atoms with E-state index < -0.39 is 0 Å². The normalized spacial score (nSPS) is 17.1. The van der Waals surface area contributed by atoms with E-state index in [0.717, 1.165) is 30.7 Å². The Labute approximate surface area is 125 Å². The van der Waals surface area contributed by atoms with Crippen LogP contribution >= 0.6 is 0 Å². The number of aryl methyl sites for hydroxylation is 1. The van der Waals surface area contributed by atoms with Crippen molar-refractivity contribution in [3.63, 3.8) is 0 Å². The molecule has 0 aromatic heterocycles. The standard InChI is InChI=1S/C18H21NO2/c1-2-21-16-7-4-6-14(12-16)19-18-8-3-5-13-11-15(20)9-10-17(13)18/h4,6-7,9-12,18-20H,2-3,5,8H2,1H3. The van der Waals surface area contributed by atoms with Crippen LogP contribution in [0.25, 0.3) is 0 Å². The zero-order valence-electron chi connectivity index (χ0n) is 12.3. The lowest BCUT2D eigenvalue weighted by Crippen LogP contribution is -2.17. The van der Waals surface area contributed by atoms with Gasteiger partial charge in [0.05, 0.1) is 12.6 Å². The number of phenolic OH excluding ortho intramolecular Hbond substituents is 1. The van der Waals surface area contributed by atoms with E-state index in [1.165, 1.54) is 11.1 Å². The van der Waals surface area contributed by atoms with E-state index in [-0.39, 0.29) is 0 Å². The maximum absolute atomic E-state index is 9.62. The molecule has 3 heteroatoms. The highest BCUT2D eigenvalue weighted by molar-refractivity contribution is 5.51. The van der Waals surface area contributed by atoms with Gasteiger partial charge in [-0.25, -0.2) is 0 Å². The van der Waals surface area contributed by atoms with Crippen molar-refractivity contribution in [2.24, 2.45) is 0 Å². The molecule has 0 saturated carbocycles. The van der Waals surface area contributed by atoms with E-state index in [1.807, 2.05) is 37.3 Å². The Kier molecular flexibility index (Phi) is 4.00. The highest BCUT2D eigenvalue weighted by Crippen LogP contribution is 2.34. The molecule has 0 spiro atoms. The Morgan fingerprint density at radius 3 is 3.00 bits per heavy atom. The number of rotatable bonds is 4. The fourth-order valence-corrected chi connectivity index (χ4v) is 2.99. The first-order valence-corrected chi connectivity index (χ1v) is 7.57. The number of hydrogen-bond acceptors (Lipinski definition) is 3. The summed E-state index contributed by atoms with van der Waals surface area (Å²) in [5.74, 6) is 1.25. The van der Waals surface area contributed by atoms with Gasteiger partial charge in [0.2, 0.25) is 0 Å². The van der Waals surface area contributed by atoms with E-state index in [4.69, 9.17) is 4.74 Å². The van der Waals surface area contributed by atoms with Crippen molar-refractivity contribution in [3.05, 3.63) is 53.6 Å². The van der Waals surface area contributed by atoms with Crippen LogP contribution in [0.4, 0.5) is 5.69 Å². The number of aromatic hydroxyl groups is 1. The summed E-state index contributed by atoms with van der Waals surface area (Å²) in [4.78, 5) is 0. The number of fused-ring (bicyclic) bond motifs is 1. The van der Waals surface area contributed by atoms with E-state index in [9.17, 15) is 5.11 Å². The minimum absolute atomic E-state index is 0.297. The molecule has 2 aromatic rings. The molecule has 0 heterocycles. The summed E-state index contributed by atoms with van der Waals surface area (Å²) in [6.07, 6.45) is 3.29. The van der Waals surface area contributed by atoms with E-state index in [1.54, 1.807) is 6.07 Å². The minimum atomic E-state index is 0.297. The minimum Gasteiger partial charge on any atom is -0.508 e. The summed E-state index contributed by atoms with van der Waals surface area (Å²) in [6, 6.07) is 14.1. The highest BCUT2D eigenvalue weighted by atomic mass is 16.5. The molecule has 1 atom stereocenters. The third kappa shape index (κ3) is 3.13. The molecule has 0 amide bonds. The van der Waals surface area contributed by atoms with Gasteiger partial charge in [-0.05, 0) is 61.6 Å². The number of benzene rings is 2. The predicted octanol–water partition coefficient (Wildman–Crippen LogP) is 4.28. The van der Waals surface area contributed by atoms with Crippen LogP contribution in [0.3, 0.4) is 0 Å². The van der Waals surface area contributed by atoms with Crippen LogP contribution in [0.15, 0.2) is 42.5 Å². The fourth-order valence-electron chi connectivity index (χ4n) is 2.99. The second-order valence-electron chi connectivity index (χ2n) is 5.43. The monoisotopic (exact) mass is 283 g/mol. The molecule has 2 N–H and O–H groups in total. The Bertz CT molecular complexity index is 624. The lowest BCUT2D eigenvalue weighted by atomic mass is 9.87. The highest BCUT2D eigenvalue weighted by Gasteiger charge is 2.20. The first-order chi connectivity index (χ1) is 10.3. The molecular formula is C18H21NO2. The van der Waals surface area contributed by atoms with Gasteiger partial charge >= 0.3 is 0 Å². The third-order valence-electron chi connectivity index (χ3n) is 3.93. The summed E-state index contributed by atoms with van der Waals surface area (Å²) < 4.78 is 5.55. The number of nitrogens with one attached hydrogen (secondary N) is 1. The van der Waals surface area contributed by atoms with Crippen molar-refractivity contribution in [1.29, 1.82) is 0 Å². The summed E-state index contributed by atoms with van der Waals surface area (Å²) in [6.45, 7) is 2.67. The van der Waals surface area contributed by atoms with Crippen LogP contribution in [0, 0.1) is 0 Å². The number of anilines is 1. The third-order valence-corrected chi connectivity index (χ3v) is 3.93. The first kappa shape index (κ1) is 13.8. The second-order valence-corrected chi connectivity index (χ2v) is 5.43. The summed E-state index contributed by atoms with van der Waals surface area (Å²) in [7, 11) is 0. The molecular weight excluding hydrogens is 262 g/mol. The van der Waals surface area contributed by atoms with Crippen molar-refractivity contribution in [2.75, 3.05) is 11.9 Å². The SMILES string of the molecule is CCOc1cccc(NC2CCCc3cc(O)ccc32)c1. The molecule has 0 bridgehead atoms. The van der Waals surface area contributed by atoms with Gasteiger partial charge < -0.3 is 15.2 Å². The van der Waals surface area contributed by atoms with Crippen LogP contribution in [0.2, 0.25) is 0 Å². The van der Waals surface area contributed by atoms with Gasteiger partial charge in [-0.15, -0.1) is 0 Å². The zero-order valence-corrected chi connectivity index (χ0v) is 12.3. The maximum atomic E-state index is 9.62. The Morgan fingerprint density at radius 2 is 2.14 bits per heavy atom. The molecule has 0 saturated heterocycles. The van der Waals surface area contributed by atoms with E-state index in [0.29, 0.717) is 18.4 Å². The largest absolute Gasteiger partial charge is 0.508 e. The number of hydrogen-bond donors (Lipinski definition) is 2. The van der Waals surface area contributed by atoms with Gasteiger partial charge in [-0.2, -0.15) is 0 Å². The Morgan fingerprint density at radius 1 is 1.24 bits per heavy atom. The van der Waals surface area contributed by atoms with Gasteiger partial charge in [0.25, 0.3) is 0 Å². The van der Waals surface area contributed by atoms with Crippen molar-refractivity contribution in [2.45, 2.75) is 32.2 Å². The molecule has 1 aliphatic carbocycles. The number of phenols is 1. The summed E-state index contributed by atoms with van der Waals surface area (Å²) in [5, 5.41) is 13.2. The lowest BCUT2D eigenvalue weighted by Gasteiger charge is -2.27. The lowest BCUT2D eigenvalue weighted by molar-refractivity contribution is 0.340. The molecule has 3 nitrogen and oxygen atoms in total. The van der Waals surface area contributed by atoms with Crippen molar-refractivity contribution in [1.82, 2.24) is 0 Å². The fraction of sp³-hybridized carbons (Fsp3) is 0.333. The molecule has 0 radical (unpaired) electrons. The molecule has 0 fully saturated rings. The van der Waals surface area contributed by atoms with Crippen LogP contribution in [0.1, 0.15) is 36.9 Å². The van der Waals surface area contributed by atoms with E-state index in [2.05, 4.69) is 11.4 Å². The Balaban J connectivity index is 1.81. The van der Waals surface area contributed by atoms with Gasteiger partial charge in [0.15, 0.2) is 0 Å². The van der Waals surface area contributed by atoms with Gasteiger partial charge in [-0.3, -0.25) is 0 Å². The zero-order chi connectivity index (χ0) is 14.7. The molecule has 21 heavy (non-hydrogen) atoms. The average Bonchev–Trinajstić information content (AvgIpc) is 2.48. The quantitative estimate of drug-likeness (QED) is 0.880. The van der Waals surface area contributed by atoms with Gasteiger partial charge in [0.1, 0.15) is 11.5 Å². The van der Waals surface area contributed by atoms with Crippen molar-refractivity contribution < 1.29 is 9.84 Å². The predicted molar refractivity (Wildman–Crippen MR) is 85.0 cm³/mol. The smallest absolute Gasteiger partial charge is 0.121 e. The average molecular weight is 283 g/mol. The van der Waals surface area contributed by atoms with Crippen LogP contribution in [-0.4, -0.2) is 11.7 Å². The molecule has 1 aliphatic rings. The van der Waals surface area contributed by atoms with Gasteiger partial charge in [0, 0.05) is 11.8 Å². The molecule has 2 aromatic carbocycles. The molecule has 0 aliphatic heterocycles. The van der Waals surface area contributed by atoms with Crippen molar-refractivity contribution in [3.8, 4) is 11.5 Å². The topological polar surface area (TPSA) is 41.5 Å². The van der Waals surface area contributed by atoms with E-state index >= 15 is 0 Å². The summed E-state index contributed by atoms with van der Waals surface area (Å²) >= 11 is 0.